The predicted octanol–water partition coefficient (Wildman–Crippen LogP) is 2.26. The lowest BCUT2D eigenvalue weighted by atomic mass is 10.1. The molecule has 6 heteroatoms. The lowest BCUT2D eigenvalue weighted by molar-refractivity contribution is -0.384. The van der Waals surface area contributed by atoms with E-state index in [9.17, 15) is 14.9 Å². The summed E-state index contributed by atoms with van der Waals surface area (Å²) in [5.74, 6) is 0. The van der Waals surface area contributed by atoms with Crippen LogP contribution in [0.2, 0.25) is 0 Å². The van der Waals surface area contributed by atoms with Crippen molar-refractivity contribution in [1.29, 1.82) is 0 Å². The maximum atomic E-state index is 10.9. The van der Waals surface area contributed by atoms with E-state index in [0.29, 0.717) is 12.2 Å². The van der Waals surface area contributed by atoms with Crippen LogP contribution in [0.3, 0.4) is 0 Å². The van der Waals surface area contributed by atoms with Gasteiger partial charge in [-0.25, -0.2) is 4.79 Å². The van der Waals surface area contributed by atoms with Crippen molar-refractivity contribution in [2.45, 2.75) is 20.4 Å². The van der Waals surface area contributed by atoms with Gasteiger partial charge in [-0.1, -0.05) is 13.8 Å². The predicted molar refractivity (Wildman–Crippen MR) is 60.3 cm³/mol. The van der Waals surface area contributed by atoms with Crippen LogP contribution in [0.5, 0.6) is 0 Å². The third kappa shape index (κ3) is 2.47. The molecule has 0 bridgehead atoms. The summed E-state index contributed by atoms with van der Waals surface area (Å²) in [6.45, 7) is 4.32. The van der Waals surface area contributed by atoms with Crippen LogP contribution in [0.15, 0.2) is 18.2 Å². The highest BCUT2D eigenvalue weighted by Gasteiger charge is 2.16. The quantitative estimate of drug-likeness (QED) is 0.565. The third-order valence-electron chi connectivity index (χ3n) is 1.99. The molecule has 0 radical (unpaired) electrons. The third-order valence-corrected chi connectivity index (χ3v) is 1.99. The molecular weight excluding hydrogens is 210 g/mol. The van der Waals surface area contributed by atoms with Gasteiger partial charge in [0.05, 0.1) is 4.92 Å². The first-order valence-electron chi connectivity index (χ1n) is 4.99. The zero-order chi connectivity index (χ0) is 12.1. The van der Waals surface area contributed by atoms with Crippen LogP contribution in [0.25, 0.3) is 0 Å². The molecule has 6 nitrogen and oxygen atoms in total. The Balaban J connectivity index is 0.000000606. The molecule has 1 aliphatic rings. The number of fused-ring (bicyclic) bond motifs is 1. The minimum absolute atomic E-state index is 0.0294. The second-order valence-corrected chi connectivity index (χ2v) is 2.91. The number of amides is 2. The van der Waals surface area contributed by atoms with Crippen LogP contribution in [0.1, 0.15) is 19.4 Å². The largest absolute Gasteiger partial charge is 0.334 e. The van der Waals surface area contributed by atoms with Gasteiger partial charge in [0.25, 0.3) is 5.69 Å². The highest BCUT2D eigenvalue weighted by Crippen LogP contribution is 2.23. The summed E-state index contributed by atoms with van der Waals surface area (Å²) < 4.78 is 0. The minimum atomic E-state index is -0.462. The van der Waals surface area contributed by atoms with Crippen LogP contribution in [-0.2, 0) is 6.54 Å². The number of urea groups is 1. The number of nitro groups is 1. The Labute approximate surface area is 92.8 Å². The fourth-order valence-corrected chi connectivity index (χ4v) is 1.30. The molecule has 0 atom stereocenters. The standard InChI is InChI=1S/C8H7N3O3.C2H6/c12-8-9-4-5-3-6(11(13)14)1-2-7(5)10-8;1-2/h1-3H,4H2,(H2,9,10,12);1-2H3. The van der Waals surface area contributed by atoms with Gasteiger partial charge < -0.3 is 10.6 Å². The number of carbonyl (C=O) groups is 1. The van der Waals surface area contributed by atoms with E-state index >= 15 is 0 Å². The zero-order valence-corrected chi connectivity index (χ0v) is 9.11. The lowest BCUT2D eigenvalue weighted by Gasteiger charge is -2.17. The fourth-order valence-electron chi connectivity index (χ4n) is 1.30. The highest BCUT2D eigenvalue weighted by molar-refractivity contribution is 5.92. The van der Waals surface area contributed by atoms with Gasteiger partial charge in [0.2, 0.25) is 0 Å². The number of benzene rings is 1. The summed E-state index contributed by atoms with van der Waals surface area (Å²) in [4.78, 5) is 20.9. The summed E-state index contributed by atoms with van der Waals surface area (Å²) >= 11 is 0. The van der Waals surface area contributed by atoms with E-state index in [4.69, 9.17) is 0 Å². The van der Waals surface area contributed by atoms with Gasteiger partial charge in [-0.2, -0.15) is 0 Å². The number of anilines is 1. The van der Waals surface area contributed by atoms with Gasteiger partial charge in [-0.05, 0) is 6.07 Å². The molecule has 0 saturated heterocycles. The Hall–Kier alpha value is -2.11. The molecule has 0 fully saturated rings. The Morgan fingerprint density at radius 3 is 2.69 bits per heavy atom. The molecule has 1 heterocycles. The van der Waals surface area contributed by atoms with Gasteiger partial charge in [-0.3, -0.25) is 10.1 Å². The Kier molecular flexibility index (Phi) is 3.82. The van der Waals surface area contributed by atoms with Crippen LogP contribution in [-0.4, -0.2) is 11.0 Å². The first kappa shape index (κ1) is 12.0. The molecular formula is C10H13N3O3. The van der Waals surface area contributed by atoms with Crippen molar-refractivity contribution in [3.63, 3.8) is 0 Å². The summed E-state index contributed by atoms with van der Waals surface area (Å²) in [5, 5.41) is 15.5. The Bertz CT molecular complexity index is 418. The topological polar surface area (TPSA) is 84.3 Å². The Morgan fingerprint density at radius 2 is 2.06 bits per heavy atom. The Morgan fingerprint density at radius 1 is 1.38 bits per heavy atom. The second-order valence-electron chi connectivity index (χ2n) is 2.91. The number of non-ortho nitro benzene ring substituents is 1. The molecule has 1 aromatic carbocycles. The molecule has 2 amide bonds. The number of nitrogens with zero attached hydrogens (tertiary/aromatic N) is 1. The molecule has 0 spiro atoms. The fraction of sp³-hybridized carbons (Fsp3) is 0.300. The van der Waals surface area contributed by atoms with Gasteiger partial charge in [0.1, 0.15) is 0 Å². The van der Waals surface area contributed by atoms with Crippen molar-refractivity contribution in [3.8, 4) is 0 Å². The number of nitrogens with one attached hydrogen (secondary N) is 2. The second kappa shape index (κ2) is 5.11. The van der Waals surface area contributed by atoms with Gasteiger partial charge in [0, 0.05) is 29.9 Å². The zero-order valence-electron chi connectivity index (χ0n) is 9.11. The van der Waals surface area contributed by atoms with Crippen molar-refractivity contribution in [2.75, 3.05) is 5.32 Å². The normalized spacial score (nSPS) is 12.5. The maximum Gasteiger partial charge on any atom is 0.319 e. The van der Waals surface area contributed by atoms with Crippen LogP contribution >= 0.6 is 0 Å². The number of hydrogen-bond donors (Lipinski definition) is 2. The van der Waals surface area contributed by atoms with Gasteiger partial charge in [-0.15, -0.1) is 0 Å². The van der Waals surface area contributed by atoms with Gasteiger partial charge >= 0.3 is 6.03 Å². The van der Waals surface area contributed by atoms with Crippen molar-refractivity contribution in [1.82, 2.24) is 5.32 Å². The van der Waals surface area contributed by atoms with E-state index in [2.05, 4.69) is 10.6 Å². The van der Waals surface area contributed by atoms with Crippen LogP contribution < -0.4 is 10.6 Å². The van der Waals surface area contributed by atoms with E-state index in [1.54, 1.807) is 0 Å². The average molecular weight is 223 g/mol. The minimum Gasteiger partial charge on any atom is -0.334 e. The van der Waals surface area contributed by atoms with Gasteiger partial charge in [0.15, 0.2) is 0 Å². The van der Waals surface area contributed by atoms with Crippen molar-refractivity contribution >= 4 is 17.4 Å². The number of hydrogen-bond acceptors (Lipinski definition) is 3. The number of nitro benzene ring substituents is 1. The van der Waals surface area contributed by atoms with E-state index < -0.39 is 4.92 Å². The molecule has 2 rings (SSSR count). The molecule has 0 aliphatic carbocycles. The monoisotopic (exact) mass is 223 g/mol. The van der Waals surface area contributed by atoms with Crippen molar-refractivity contribution in [2.24, 2.45) is 0 Å². The van der Waals surface area contributed by atoms with Crippen LogP contribution in [0, 0.1) is 10.1 Å². The summed E-state index contributed by atoms with van der Waals surface area (Å²) in [7, 11) is 0. The van der Waals surface area contributed by atoms with Crippen molar-refractivity contribution < 1.29 is 9.72 Å². The van der Waals surface area contributed by atoms with Crippen molar-refractivity contribution in [3.05, 3.63) is 33.9 Å². The smallest absolute Gasteiger partial charge is 0.319 e. The molecule has 1 aliphatic heterocycles. The maximum absolute atomic E-state index is 10.9. The summed E-state index contributed by atoms with van der Waals surface area (Å²) in [6, 6.07) is 4.06. The number of carbonyl (C=O) groups excluding carboxylic acids is 1. The van der Waals surface area contributed by atoms with E-state index in [-0.39, 0.29) is 11.7 Å². The molecule has 1 aromatic rings. The average Bonchev–Trinajstić information content (AvgIpc) is 2.30. The molecule has 0 aromatic heterocycles. The highest BCUT2D eigenvalue weighted by atomic mass is 16.6. The van der Waals surface area contributed by atoms with Crippen LogP contribution in [0.4, 0.5) is 16.2 Å². The van der Waals surface area contributed by atoms with E-state index in [1.165, 1.54) is 18.2 Å². The first-order valence-corrected chi connectivity index (χ1v) is 4.99. The summed E-state index contributed by atoms with van der Waals surface area (Å²) in [6.07, 6.45) is 0. The SMILES string of the molecule is CC.O=C1NCc2cc([N+](=O)[O-])ccc2N1. The molecule has 16 heavy (non-hydrogen) atoms. The lowest BCUT2D eigenvalue weighted by Crippen LogP contribution is -2.33. The molecule has 2 N–H and O–H groups in total. The van der Waals surface area contributed by atoms with E-state index in [1.807, 2.05) is 13.8 Å². The number of rotatable bonds is 1. The van der Waals surface area contributed by atoms with E-state index in [0.717, 1.165) is 5.56 Å². The first-order chi connectivity index (χ1) is 7.66. The molecule has 86 valence electrons. The summed E-state index contributed by atoms with van der Waals surface area (Å²) in [5.41, 5.74) is 1.37. The molecule has 0 saturated carbocycles. The molecule has 0 unspecified atom stereocenters.